The maximum Gasteiger partial charge on any atom is 0.0577 e. The van der Waals surface area contributed by atoms with Gasteiger partial charge in [0.05, 0.1) is 6.10 Å². The van der Waals surface area contributed by atoms with Gasteiger partial charge in [0.15, 0.2) is 0 Å². The van der Waals surface area contributed by atoms with Crippen LogP contribution >= 0.6 is 0 Å². The van der Waals surface area contributed by atoms with Gasteiger partial charge in [0, 0.05) is 12.1 Å². The highest BCUT2D eigenvalue weighted by Crippen LogP contribution is 2.28. The topological polar surface area (TPSA) is 21.3 Å². The molecule has 1 aliphatic rings. The van der Waals surface area contributed by atoms with Crippen LogP contribution in [0.5, 0.6) is 0 Å². The minimum atomic E-state index is 0.234. The number of hydrogen-bond donors (Lipinski definition) is 1. The summed E-state index contributed by atoms with van der Waals surface area (Å²) in [6.45, 7) is 10.9. The molecule has 102 valence electrons. The molecule has 0 aromatic carbocycles. The molecule has 17 heavy (non-hydrogen) atoms. The van der Waals surface area contributed by atoms with Gasteiger partial charge in [0.2, 0.25) is 0 Å². The van der Waals surface area contributed by atoms with E-state index in [9.17, 15) is 0 Å². The highest BCUT2D eigenvalue weighted by Gasteiger charge is 2.20. The number of nitrogens with one attached hydrogen (secondary N) is 1. The van der Waals surface area contributed by atoms with Gasteiger partial charge in [0.25, 0.3) is 0 Å². The predicted octanol–water partition coefficient (Wildman–Crippen LogP) is 3.75. The molecule has 0 aliphatic heterocycles. The third-order valence-corrected chi connectivity index (χ3v) is 3.64. The first-order chi connectivity index (χ1) is 8.01. The van der Waals surface area contributed by atoms with E-state index < -0.39 is 0 Å². The van der Waals surface area contributed by atoms with Crippen molar-refractivity contribution in [2.45, 2.75) is 77.9 Å². The lowest BCUT2D eigenvalue weighted by atomic mass is 9.85. The van der Waals surface area contributed by atoms with E-state index in [4.69, 9.17) is 4.74 Å². The summed E-state index contributed by atoms with van der Waals surface area (Å²) in [6, 6.07) is 0. The van der Waals surface area contributed by atoms with Gasteiger partial charge in [-0.15, -0.1) is 0 Å². The molecule has 0 spiro atoms. The summed E-state index contributed by atoms with van der Waals surface area (Å²) < 4.78 is 5.99. The lowest BCUT2D eigenvalue weighted by molar-refractivity contribution is 0.0112. The van der Waals surface area contributed by atoms with Crippen LogP contribution in [0.3, 0.4) is 0 Å². The third-order valence-electron chi connectivity index (χ3n) is 3.64. The molecule has 0 radical (unpaired) electrons. The Kier molecular flexibility index (Phi) is 6.50. The van der Waals surface area contributed by atoms with Crippen LogP contribution in [-0.4, -0.2) is 24.8 Å². The summed E-state index contributed by atoms with van der Waals surface area (Å²) in [7, 11) is 0. The van der Waals surface area contributed by atoms with Crippen LogP contribution in [0.2, 0.25) is 0 Å². The molecule has 2 unspecified atom stereocenters. The Morgan fingerprint density at radius 1 is 1.24 bits per heavy atom. The molecule has 1 aliphatic carbocycles. The van der Waals surface area contributed by atoms with Gasteiger partial charge >= 0.3 is 0 Å². The van der Waals surface area contributed by atoms with Crippen molar-refractivity contribution >= 4 is 0 Å². The molecule has 1 fully saturated rings. The molecule has 1 saturated carbocycles. The Bertz CT molecular complexity index is 198. The molecular formula is C15H31NO. The average molecular weight is 241 g/mol. The van der Waals surface area contributed by atoms with Crippen molar-refractivity contribution in [3.05, 3.63) is 0 Å². The lowest BCUT2D eigenvalue weighted by Crippen LogP contribution is -2.37. The van der Waals surface area contributed by atoms with Crippen LogP contribution < -0.4 is 5.32 Å². The lowest BCUT2D eigenvalue weighted by Gasteiger charge is -2.28. The maximum atomic E-state index is 5.99. The molecule has 1 N–H and O–H groups in total. The highest BCUT2D eigenvalue weighted by molar-refractivity contribution is 4.73. The van der Waals surface area contributed by atoms with Gasteiger partial charge in [-0.25, -0.2) is 0 Å². The summed E-state index contributed by atoms with van der Waals surface area (Å²) in [5.41, 5.74) is 0.234. The molecule has 0 saturated heterocycles. The van der Waals surface area contributed by atoms with E-state index in [0.717, 1.165) is 25.5 Å². The van der Waals surface area contributed by atoms with Crippen molar-refractivity contribution in [3.8, 4) is 0 Å². The van der Waals surface area contributed by atoms with Gasteiger partial charge in [-0.1, -0.05) is 26.2 Å². The van der Waals surface area contributed by atoms with Crippen LogP contribution in [-0.2, 0) is 4.74 Å². The normalized spacial score (nSPS) is 26.1. The molecule has 2 atom stereocenters. The Hall–Kier alpha value is -0.0800. The molecule has 1 rings (SSSR count). The molecule has 0 amide bonds. The monoisotopic (exact) mass is 241 g/mol. The first-order valence-corrected chi connectivity index (χ1v) is 7.38. The fraction of sp³-hybridized carbons (Fsp3) is 1.00. The zero-order valence-electron chi connectivity index (χ0n) is 12.2. The van der Waals surface area contributed by atoms with Gasteiger partial charge in [-0.05, 0) is 52.5 Å². The molecular weight excluding hydrogens is 210 g/mol. The fourth-order valence-electron chi connectivity index (χ4n) is 2.55. The van der Waals surface area contributed by atoms with Gasteiger partial charge in [-0.3, -0.25) is 0 Å². The van der Waals surface area contributed by atoms with E-state index in [2.05, 4.69) is 33.0 Å². The second kappa shape index (κ2) is 7.38. The largest absolute Gasteiger partial charge is 0.378 e. The summed E-state index contributed by atoms with van der Waals surface area (Å²) in [5.74, 6) is 0.918. The summed E-state index contributed by atoms with van der Waals surface area (Å²) in [6.07, 6.45) is 8.36. The highest BCUT2D eigenvalue weighted by atomic mass is 16.5. The minimum Gasteiger partial charge on any atom is -0.378 e. The van der Waals surface area contributed by atoms with Crippen LogP contribution in [0, 0.1) is 5.92 Å². The summed E-state index contributed by atoms with van der Waals surface area (Å²) in [4.78, 5) is 0. The van der Waals surface area contributed by atoms with Gasteiger partial charge in [-0.2, -0.15) is 0 Å². The van der Waals surface area contributed by atoms with Crippen molar-refractivity contribution in [1.29, 1.82) is 0 Å². The summed E-state index contributed by atoms with van der Waals surface area (Å²) >= 11 is 0. The quantitative estimate of drug-likeness (QED) is 0.715. The Morgan fingerprint density at radius 2 is 2.00 bits per heavy atom. The van der Waals surface area contributed by atoms with Crippen LogP contribution in [0.4, 0.5) is 0 Å². The first kappa shape index (κ1) is 15.0. The van der Waals surface area contributed by atoms with Crippen molar-refractivity contribution in [2.75, 3.05) is 13.2 Å². The molecule has 0 heterocycles. The Balaban J connectivity index is 2.02. The van der Waals surface area contributed by atoms with E-state index in [0.29, 0.717) is 6.10 Å². The third kappa shape index (κ3) is 7.05. The number of rotatable bonds is 6. The molecule has 2 heteroatoms. The number of ether oxygens (including phenoxy) is 1. The smallest absolute Gasteiger partial charge is 0.0577 e. The number of hydrogen-bond acceptors (Lipinski definition) is 2. The standard InChI is InChI=1S/C15H31NO/c1-5-13-8-6-9-14(12-13)17-11-7-10-16-15(2,3)4/h13-14,16H,5-12H2,1-4H3. The van der Waals surface area contributed by atoms with Crippen molar-refractivity contribution < 1.29 is 4.74 Å². The van der Waals surface area contributed by atoms with Crippen molar-refractivity contribution in [3.63, 3.8) is 0 Å². The van der Waals surface area contributed by atoms with E-state index in [-0.39, 0.29) is 5.54 Å². The van der Waals surface area contributed by atoms with E-state index in [1.807, 2.05) is 0 Å². The molecule has 2 nitrogen and oxygen atoms in total. The summed E-state index contributed by atoms with van der Waals surface area (Å²) in [5, 5.41) is 3.50. The van der Waals surface area contributed by atoms with Crippen LogP contribution in [0.25, 0.3) is 0 Å². The molecule has 0 bridgehead atoms. The average Bonchev–Trinajstić information content (AvgIpc) is 2.27. The predicted molar refractivity (Wildman–Crippen MR) is 74.4 cm³/mol. The minimum absolute atomic E-state index is 0.234. The molecule has 0 aromatic heterocycles. The molecule has 0 aromatic rings. The maximum absolute atomic E-state index is 5.99. The van der Waals surface area contributed by atoms with Gasteiger partial charge < -0.3 is 10.1 Å². The van der Waals surface area contributed by atoms with Crippen LogP contribution in [0.15, 0.2) is 0 Å². The SMILES string of the molecule is CCC1CCCC(OCCCNC(C)(C)C)C1. The van der Waals surface area contributed by atoms with Gasteiger partial charge in [0.1, 0.15) is 0 Å². The van der Waals surface area contributed by atoms with E-state index >= 15 is 0 Å². The zero-order chi connectivity index (χ0) is 12.7. The van der Waals surface area contributed by atoms with E-state index in [1.165, 1.54) is 32.1 Å². The second-order valence-electron chi connectivity index (χ2n) is 6.46. The van der Waals surface area contributed by atoms with Crippen LogP contribution in [0.1, 0.15) is 66.2 Å². The van der Waals surface area contributed by atoms with Crippen molar-refractivity contribution in [1.82, 2.24) is 5.32 Å². The fourth-order valence-corrected chi connectivity index (χ4v) is 2.55. The Labute approximate surface area is 108 Å². The Morgan fingerprint density at radius 3 is 2.65 bits per heavy atom. The second-order valence-corrected chi connectivity index (χ2v) is 6.46. The zero-order valence-corrected chi connectivity index (χ0v) is 12.2. The van der Waals surface area contributed by atoms with Crippen molar-refractivity contribution in [2.24, 2.45) is 5.92 Å². The first-order valence-electron chi connectivity index (χ1n) is 7.38. The van der Waals surface area contributed by atoms with E-state index in [1.54, 1.807) is 0 Å².